The molecular formula is C13H21N3OS. The number of hydrogen-bond donors (Lipinski definition) is 1. The Labute approximate surface area is 113 Å². The van der Waals surface area contributed by atoms with Gasteiger partial charge in [-0.05, 0) is 19.6 Å². The molecule has 1 aliphatic heterocycles. The van der Waals surface area contributed by atoms with Crippen molar-refractivity contribution in [1.29, 1.82) is 0 Å². The highest BCUT2D eigenvalue weighted by Crippen LogP contribution is 2.15. The maximum Gasteiger partial charge on any atom is 0.223 e. The molecule has 0 spiro atoms. The summed E-state index contributed by atoms with van der Waals surface area (Å²) < 4.78 is 2.17. The maximum absolute atomic E-state index is 12.0. The number of aromatic nitrogens is 2. The van der Waals surface area contributed by atoms with Crippen molar-refractivity contribution in [3.63, 3.8) is 0 Å². The van der Waals surface area contributed by atoms with Gasteiger partial charge in [-0.15, -0.1) is 0 Å². The van der Waals surface area contributed by atoms with E-state index in [9.17, 15) is 4.79 Å². The van der Waals surface area contributed by atoms with Gasteiger partial charge in [0.15, 0.2) is 0 Å². The van der Waals surface area contributed by atoms with Gasteiger partial charge in [0.05, 0.1) is 5.69 Å². The summed E-state index contributed by atoms with van der Waals surface area (Å²) in [6, 6.07) is 0.253. The van der Waals surface area contributed by atoms with E-state index >= 15 is 0 Å². The van der Waals surface area contributed by atoms with Gasteiger partial charge in [-0.1, -0.05) is 6.92 Å². The summed E-state index contributed by atoms with van der Waals surface area (Å²) in [5, 5.41) is 3.15. The first-order chi connectivity index (χ1) is 8.60. The number of imidazole rings is 1. The summed E-state index contributed by atoms with van der Waals surface area (Å²) in [4.78, 5) is 16.4. The van der Waals surface area contributed by atoms with E-state index in [2.05, 4.69) is 21.1 Å². The van der Waals surface area contributed by atoms with Gasteiger partial charge in [-0.25, -0.2) is 4.98 Å². The minimum atomic E-state index is 0.0888. The summed E-state index contributed by atoms with van der Waals surface area (Å²) in [7, 11) is 0. The summed E-state index contributed by atoms with van der Waals surface area (Å²) in [6.07, 6.45) is 6.05. The fraction of sp³-hybridized carbons (Fsp3) is 0.692. The zero-order valence-electron chi connectivity index (χ0n) is 11.3. The third-order valence-corrected chi connectivity index (χ3v) is 4.16. The second-order valence-electron chi connectivity index (χ2n) is 5.05. The molecule has 2 rings (SSSR count). The molecule has 100 valence electrons. The molecule has 0 aliphatic carbocycles. The summed E-state index contributed by atoms with van der Waals surface area (Å²) in [5.74, 6) is 2.30. The number of fused-ring (bicyclic) bond motifs is 1. The molecule has 0 unspecified atom stereocenters. The molecule has 1 aliphatic rings. The largest absolute Gasteiger partial charge is 0.351 e. The fourth-order valence-corrected chi connectivity index (χ4v) is 3.02. The van der Waals surface area contributed by atoms with Crippen molar-refractivity contribution in [1.82, 2.24) is 14.9 Å². The Morgan fingerprint density at radius 2 is 2.50 bits per heavy atom. The van der Waals surface area contributed by atoms with Crippen LogP contribution in [-0.4, -0.2) is 33.5 Å². The number of rotatable bonds is 4. The van der Waals surface area contributed by atoms with Crippen molar-refractivity contribution in [2.45, 2.75) is 39.3 Å². The third kappa shape index (κ3) is 3.07. The normalized spacial score (nSPS) is 20.3. The number of thioether (sulfide) groups is 1. The summed E-state index contributed by atoms with van der Waals surface area (Å²) in [5.41, 5.74) is 1.06. The molecule has 2 heterocycles. The van der Waals surface area contributed by atoms with Crippen LogP contribution in [0.1, 0.15) is 24.9 Å². The maximum atomic E-state index is 12.0. The van der Waals surface area contributed by atoms with E-state index in [4.69, 9.17) is 0 Å². The quantitative estimate of drug-likeness (QED) is 0.902. The van der Waals surface area contributed by atoms with Gasteiger partial charge in [0.2, 0.25) is 5.91 Å². The average Bonchev–Trinajstić information content (AvgIpc) is 2.68. The van der Waals surface area contributed by atoms with Crippen LogP contribution in [0.3, 0.4) is 0 Å². The predicted octanol–water partition coefficient (Wildman–Crippen LogP) is 1.62. The van der Waals surface area contributed by atoms with Crippen molar-refractivity contribution in [2.24, 2.45) is 5.92 Å². The molecular weight excluding hydrogens is 246 g/mol. The first-order valence-corrected chi connectivity index (χ1v) is 7.81. The number of carbonyl (C=O) groups excluding carboxylic acids is 1. The van der Waals surface area contributed by atoms with Gasteiger partial charge >= 0.3 is 0 Å². The predicted molar refractivity (Wildman–Crippen MR) is 74.8 cm³/mol. The van der Waals surface area contributed by atoms with E-state index in [1.807, 2.05) is 20.1 Å². The lowest BCUT2D eigenvalue weighted by molar-refractivity contribution is -0.124. The molecule has 4 nitrogen and oxygen atoms in total. The third-order valence-electron chi connectivity index (χ3n) is 3.32. The van der Waals surface area contributed by atoms with E-state index < -0.39 is 0 Å². The van der Waals surface area contributed by atoms with Gasteiger partial charge in [0.25, 0.3) is 0 Å². The summed E-state index contributed by atoms with van der Waals surface area (Å²) >= 11 is 1.72. The first-order valence-electron chi connectivity index (χ1n) is 6.42. The lowest BCUT2D eigenvalue weighted by atomic mass is 10.1. The van der Waals surface area contributed by atoms with E-state index in [-0.39, 0.29) is 17.9 Å². The minimum absolute atomic E-state index is 0.0888. The monoisotopic (exact) mass is 267 g/mol. The number of aryl methyl sites for hydroxylation is 2. The lowest BCUT2D eigenvalue weighted by Gasteiger charge is -2.25. The zero-order valence-corrected chi connectivity index (χ0v) is 12.1. The number of carbonyl (C=O) groups is 1. The Morgan fingerprint density at radius 3 is 3.22 bits per heavy atom. The molecule has 1 aromatic heterocycles. The Bertz CT molecular complexity index is 430. The topological polar surface area (TPSA) is 46.9 Å². The molecule has 1 aromatic rings. The molecule has 0 aromatic carbocycles. The van der Waals surface area contributed by atoms with Crippen molar-refractivity contribution in [3.05, 3.63) is 17.7 Å². The zero-order chi connectivity index (χ0) is 13.1. The van der Waals surface area contributed by atoms with Crippen LogP contribution < -0.4 is 5.32 Å². The molecule has 1 N–H and O–H groups in total. The highest BCUT2D eigenvalue weighted by molar-refractivity contribution is 7.98. The van der Waals surface area contributed by atoms with Crippen LogP contribution in [0.25, 0.3) is 0 Å². The van der Waals surface area contributed by atoms with Crippen molar-refractivity contribution < 1.29 is 4.79 Å². The average molecular weight is 267 g/mol. The Kier molecular flexibility index (Phi) is 4.32. The van der Waals surface area contributed by atoms with Crippen LogP contribution in [0.4, 0.5) is 0 Å². The second-order valence-corrected chi connectivity index (χ2v) is 5.96. The van der Waals surface area contributed by atoms with E-state index in [1.165, 1.54) is 0 Å². The van der Waals surface area contributed by atoms with Gasteiger partial charge in [0, 0.05) is 36.9 Å². The van der Waals surface area contributed by atoms with Gasteiger partial charge in [-0.3, -0.25) is 4.79 Å². The Hall–Kier alpha value is -0.970. The molecule has 0 radical (unpaired) electrons. The van der Waals surface area contributed by atoms with E-state index in [1.54, 1.807) is 11.8 Å². The molecule has 2 atom stereocenters. The number of hydrogen-bond acceptors (Lipinski definition) is 3. The molecule has 5 heteroatoms. The lowest BCUT2D eigenvalue weighted by Crippen LogP contribution is -2.43. The highest BCUT2D eigenvalue weighted by atomic mass is 32.2. The van der Waals surface area contributed by atoms with Gasteiger partial charge < -0.3 is 9.88 Å². The SMILES string of the molecule is CSC[C@@H](C)C(=O)N[C@@H]1CCc2nc(C)cn2C1. The van der Waals surface area contributed by atoms with Gasteiger partial charge in [-0.2, -0.15) is 11.8 Å². The summed E-state index contributed by atoms with van der Waals surface area (Å²) in [6.45, 7) is 4.86. The fourth-order valence-electron chi connectivity index (χ4n) is 2.37. The van der Waals surface area contributed by atoms with Crippen LogP contribution >= 0.6 is 11.8 Å². The smallest absolute Gasteiger partial charge is 0.223 e. The molecule has 1 amide bonds. The first kappa shape index (κ1) is 13.5. The van der Waals surface area contributed by atoms with E-state index in [0.29, 0.717) is 0 Å². The molecule has 0 bridgehead atoms. The van der Waals surface area contributed by atoms with Crippen LogP contribution in [0.5, 0.6) is 0 Å². The highest BCUT2D eigenvalue weighted by Gasteiger charge is 2.22. The minimum Gasteiger partial charge on any atom is -0.351 e. The Morgan fingerprint density at radius 1 is 1.72 bits per heavy atom. The Balaban J connectivity index is 1.91. The molecule has 0 saturated heterocycles. The number of amides is 1. The van der Waals surface area contributed by atoms with Crippen molar-refractivity contribution in [3.8, 4) is 0 Å². The molecule has 0 fully saturated rings. The molecule has 18 heavy (non-hydrogen) atoms. The number of nitrogens with zero attached hydrogens (tertiary/aromatic N) is 2. The van der Waals surface area contributed by atoms with Crippen molar-refractivity contribution in [2.75, 3.05) is 12.0 Å². The van der Waals surface area contributed by atoms with Crippen LogP contribution in [0.15, 0.2) is 6.20 Å². The van der Waals surface area contributed by atoms with E-state index in [0.717, 1.165) is 36.7 Å². The standard InChI is InChI=1S/C13H21N3OS/c1-9(8-18-3)13(17)15-11-4-5-12-14-10(2)6-16(12)7-11/h6,9,11H,4-5,7-8H2,1-3H3,(H,15,17)/t9-,11-/m1/s1. The van der Waals surface area contributed by atoms with Crippen LogP contribution in [-0.2, 0) is 17.8 Å². The van der Waals surface area contributed by atoms with Crippen LogP contribution in [0, 0.1) is 12.8 Å². The van der Waals surface area contributed by atoms with Crippen LogP contribution in [0.2, 0.25) is 0 Å². The molecule has 0 saturated carbocycles. The van der Waals surface area contributed by atoms with Gasteiger partial charge in [0.1, 0.15) is 5.82 Å². The number of nitrogens with one attached hydrogen (secondary N) is 1. The second kappa shape index (κ2) is 5.78. The van der Waals surface area contributed by atoms with Crippen molar-refractivity contribution >= 4 is 17.7 Å².